The quantitative estimate of drug-likeness (QED) is 0.653. The average Bonchev–Trinajstić information content (AvgIpc) is 2.17. The van der Waals surface area contributed by atoms with Crippen molar-refractivity contribution in [1.29, 1.82) is 0 Å². The molecule has 0 fully saturated rings. The van der Waals surface area contributed by atoms with Crippen LogP contribution in [0.15, 0.2) is 0 Å². The average molecular weight is 230 g/mol. The number of hydrogen-bond donors (Lipinski definition) is 2. The van der Waals surface area contributed by atoms with Crippen molar-refractivity contribution in [1.82, 2.24) is 10.2 Å². The molecule has 0 aliphatic carbocycles. The fourth-order valence-corrected chi connectivity index (χ4v) is 1.40. The predicted molar refractivity (Wildman–Crippen MR) is 61.9 cm³/mol. The number of nitrogens with zero attached hydrogens (tertiary/aromatic N) is 1. The van der Waals surface area contributed by atoms with Crippen LogP contribution in [0.2, 0.25) is 0 Å². The second-order valence-corrected chi connectivity index (χ2v) is 3.99. The number of aliphatic hydroxyl groups excluding tert-OH is 1. The van der Waals surface area contributed by atoms with Crippen molar-refractivity contribution in [2.24, 2.45) is 0 Å². The Morgan fingerprint density at radius 1 is 1.38 bits per heavy atom. The van der Waals surface area contributed by atoms with Crippen LogP contribution in [0.1, 0.15) is 33.6 Å². The van der Waals surface area contributed by atoms with E-state index in [0.29, 0.717) is 25.9 Å². The van der Waals surface area contributed by atoms with Crippen LogP contribution in [-0.2, 0) is 9.59 Å². The molecule has 0 aromatic carbocycles. The van der Waals surface area contributed by atoms with Crippen LogP contribution in [0.3, 0.4) is 0 Å². The molecule has 0 saturated heterocycles. The monoisotopic (exact) mass is 230 g/mol. The summed E-state index contributed by atoms with van der Waals surface area (Å²) < 4.78 is 0. The number of hydrogen-bond acceptors (Lipinski definition) is 3. The highest BCUT2D eigenvalue weighted by molar-refractivity contribution is 5.78. The molecular weight excluding hydrogens is 208 g/mol. The third-order valence-electron chi connectivity index (χ3n) is 2.21. The van der Waals surface area contributed by atoms with Crippen molar-refractivity contribution < 1.29 is 14.7 Å². The Morgan fingerprint density at radius 3 is 2.44 bits per heavy atom. The number of nitrogens with one attached hydrogen (secondary N) is 1. The van der Waals surface area contributed by atoms with E-state index >= 15 is 0 Å². The second-order valence-electron chi connectivity index (χ2n) is 3.99. The van der Waals surface area contributed by atoms with Crippen LogP contribution in [0.5, 0.6) is 0 Å². The van der Waals surface area contributed by atoms with E-state index < -0.39 is 0 Å². The first-order valence-corrected chi connectivity index (χ1v) is 5.63. The molecule has 2 amide bonds. The zero-order chi connectivity index (χ0) is 12.6. The van der Waals surface area contributed by atoms with Gasteiger partial charge in [-0.1, -0.05) is 0 Å². The number of aliphatic hydroxyl groups is 1. The van der Waals surface area contributed by atoms with E-state index in [1.165, 1.54) is 6.92 Å². The van der Waals surface area contributed by atoms with Crippen molar-refractivity contribution in [3.05, 3.63) is 0 Å². The molecule has 0 radical (unpaired) electrons. The minimum atomic E-state index is -0.126. The van der Waals surface area contributed by atoms with Gasteiger partial charge in [0.05, 0.1) is 0 Å². The maximum Gasteiger partial charge on any atom is 0.224 e. The number of carbonyl (C=O) groups excluding carboxylic acids is 2. The van der Waals surface area contributed by atoms with Gasteiger partial charge in [-0.15, -0.1) is 0 Å². The number of carbonyl (C=O) groups is 2. The lowest BCUT2D eigenvalue weighted by Gasteiger charge is -2.26. The molecule has 0 saturated carbocycles. The molecule has 0 atom stereocenters. The summed E-state index contributed by atoms with van der Waals surface area (Å²) in [6.07, 6.45) is 0.896. The van der Waals surface area contributed by atoms with E-state index in [2.05, 4.69) is 5.32 Å². The molecular formula is C11H22N2O3. The minimum absolute atomic E-state index is 0.0113. The molecule has 0 aliphatic heterocycles. The summed E-state index contributed by atoms with van der Waals surface area (Å²) in [6, 6.07) is 0.122. The molecule has 0 aliphatic rings. The van der Waals surface area contributed by atoms with Crippen LogP contribution in [-0.4, -0.2) is 47.6 Å². The van der Waals surface area contributed by atoms with Gasteiger partial charge in [-0.2, -0.15) is 0 Å². The highest BCUT2D eigenvalue weighted by Gasteiger charge is 2.15. The van der Waals surface area contributed by atoms with Crippen LogP contribution in [0, 0.1) is 0 Å². The van der Waals surface area contributed by atoms with E-state index in [1.54, 1.807) is 4.90 Å². The van der Waals surface area contributed by atoms with Gasteiger partial charge >= 0.3 is 0 Å². The van der Waals surface area contributed by atoms with E-state index in [9.17, 15) is 9.59 Å². The Bertz CT molecular complexity index is 229. The maximum atomic E-state index is 11.8. The fourth-order valence-electron chi connectivity index (χ4n) is 1.40. The summed E-state index contributed by atoms with van der Waals surface area (Å²) >= 11 is 0. The molecule has 0 spiro atoms. The van der Waals surface area contributed by atoms with Gasteiger partial charge in [0.1, 0.15) is 0 Å². The lowest BCUT2D eigenvalue weighted by atomic mass is 10.2. The Hall–Kier alpha value is -1.10. The third kappa shape index (κ3) is 6.40. The van der Waals surface area contributed by atoms with Crippen molar-refractivity contribution in [2.75, 3.05) is 19.7 Å². The van der Waals surface area contributed by atoms with Crippen LogP contribution in [0.4, 0.5) is 0 Å². The Morgan fingerprint density at radius 2 is 2.00 bits per heavy atom. The molecule has 0 aromatic rings. The lowest BCUT2D eigenvalue weighted by Crippen LogP contribution is -2.39. The first kappa shape index (κ1) is 14.9. The molecule has 5 heteroatoms. The molecule has 16 heavy (non-hydrogen) atoms. The summed E-state index contributed by atoms with van der Waals surface area (Å²) in [5.41, 5.74) is 0. The Labute approximate surface area is 96.8 Å². The van der Waals surface area contributed by atoms with E-state index in [4.69, 9.17) is 5.11 Å². The smallest absolute Gasteiger partial charge is 0.224 e. The van der Waals surface area contributed by atoms with Crippen molar-refractivity contribution in [2.45, 2.75) is 39.7 Å². The van der Waals surface area contributed by atoms with Crippen molar-refractivity contribution in [3.63, 3.8) is 0 Å². The third-order valence-corrected chi connectivity index (χ3v) is 2.21. The van der Waals surface area contributed by atoms with Gasteiger partial charge in [-0.25, -0.2) is 0 Å². The number of rotatable bonds is 7. The zero-order valence-corrected chi connectivity index (χ0v) is 10.3. The zero-order valence-electron chi connectivity index (χ0n) is 10.3. The van der Waals surface area contributed by atoms with Gasteiger partial charge in [-0.3, -0.25) is 9.59 Å². The van der Waals surface area contributed by atoms with Gasteiger partial charge in [0, 0.05) is 39.1 Å². The van der Waals surface area contributed by atoms with Gasteiger partial charge in [0.15, 0.2) is 0 Å². The Kier molecular flexibility index (Phi) is 7.54. The Balaban J connectivity index is 4.01. The molecule has 0 aromatic heterocycles. The lowest BCUT2D eigenvalue weighted by molar-refractivity contribution is -0.133. The first-order valence-electron chi connectivity index (χ1n) is 5.63. The summed E-state index contributed by atoms with van der Waals surface area (Å²) in [5.74, 6) is -0.114. The summed E-state index contributed by atoms with van der Waals surface area (Å²) in [5, 5.41) is 11.3. The van der Waals surface area contributed by atoms with E-state index in [1.807, 2.05) is 13.8 Å². The maximum absolute atomic E-state index is 11.8. The highest BCUT2D eigenvalue weighted by atomic mass is 16.3. The standard InChI is InChI=1S/C11H22N2O3/c1-9(2)13(7-4-8-14)11(16)5-6-12-10(3)15/h9,14H,4-8H2,1-3H3,(H,12,15). The molecule has 0 bridgehead atoms. The number of amides is 2. The summed E-state index contributed by atoms with van der Waals surface area (Å²) in [6.45, 7) is 6.32. The van der Waals surface area contributed by atoms with Crippen LogP contribution >= 0.6 is 0 Å². The predicted octanol–water partition coefficient (Wildman–Crippen LogP) is 0.132. The first-order chi connectivity index (χ1) is 7.49. The molecule has 2 N–H and O–H groups in total. The largest absolute Gasteiger partial charge is 0.396 e. The minimum Gasteiger partial charge on any atom is -0.396 e. The summed E-state index contributed by atoms with van der Waals surface area (Å²) in [7, 11) is 0. The van der Waals surface area contributed by atoms with Gasteiger partial charge in [0.25, 0.3) is 0 Å². The van der Waals surface area contributed by atoms with Gasteiger partial charge in [0.2, 0.25) is 11.8 Å². The second kappa shape index (κ2) is 8.10. The highest BCUT2D eigenvalue weighted by Crippen LogP contribution is 2.02. The normalized spacial score (nSPS) is 10.3. The topological polar surface area (TPSA) is 69.6 Å². The van der Waals surface area contributed by atoms with Crippen molar-refractivity contribution in [3.8, 4) is 0 Å². The van der Waals surface area contributed by atoms with Crippen LogP contribution in [0.25, 0.3) is 0 Å². The van der Waals surface area contributed by atoms with E-state index in [-0.39, 0.29) is 24.5 Å². The molecule has 0 rings (SSSR count). The summed E-state index contributed by atoms with van der Waals surface area (Å²) in [4.78, 5) is 24.1. The molecule has 0 heterocycles. The van der Waals surface area contributed by atoms with Gasteiger partial charge in [-0.05, 0) is 20.3 Å². The van der Waals surface area contributed by atoms with Crippen molar-refractivity contribution >= 4 is 11.8 Å². The molecule has 5 nitrogen and oxygen atoms in total. The molecule has 0 unspecified atom stereocenters. The SMILES string of the molecule is CC(=O)NCCC(=O)N(CCCO)C(C)C. The van der Waals surface area contributed by atoms with E-state index in [0.717, 1.165) is 0 Å². The van der Waals surface area contributed by atoms with Crippen LogP contribution < -0.4 is 5.32 Å². The van der Waals surface area contributed by atoms with Gasteiger partial charge < -0.3 is 15.3 Å². The molecule has 94 valence electrons. The fraction of sp³-hybridized carbons (Fsp3) is 0.818.